The van der Waals surface area contributed by atoms with Crippen molar-refractivity contribution in [3.8, 4) is 0 Å². The van der Waals surface area contributed by atoms with E-state index in [1.165, 1.54) is 0 Å². The third-order valence-electron chi connectivity index (χ3n) is 2.02. The van der Waals surface area contributed by atoms with Crippen molar-refractivity contribution in [1.29, 1.82) is 0 Å². The van der Waals surface area contributed by atoms with Crippen LogP contribution < -0.4 is 5.32 Å². The predicted molar refractivity (Wildman–Crippen MR) is 61.2 cm³/mol. The molecule has 1 N–H and O–H groups in total. The highest BCUT2D eigenvalue weighted by molar-refractivity contribution is 5.82. The van der Waals surface area contributed by atoms with Crippen LogP contribution in [0.15, 0.2) is 30.3 Å². The normalized spacial score (nSPS) is 11.6. The molecule has 0 spiro atoms. The Hall–Kier alpha value is -1.84. The number of hydrogen-bond acceptors (Lipinski definition) is 4. The third-order valence-corrected chi connectivity index (χ3v) is 2.02. The summed E-state index contributed by atoms with van der Waals surface area (Å²) in [5, 5.41) is 2.96. The highest BCUT2D eigenvalue weighted by Crippen LogP contribution is 2.09. The van der Waals surface area contributed by atoms with Gasteiger partial charge in [0.15, 0.2) is 0 Å². The van der Waals surface area contributed by atoms with Crippen molar-refractivity contribution in [3.05, 3.63) is 30.3 Å². The van der Waals surface area contributed by atoms with Gasteiger partial charge in [0, 0.05) is 12.1 Å². The van der Waals surface area contributed by atoms with Gasteiger partial charge in [0.05, 0.1) is 6.61 Å². The van der Waals surface area contributed by atoms with Crippen LogP contribution in [0.25, 0.3) is 0 Å². The van der Waals surface area contributed by atoms with E-state index in [0.29, 0.717) is 12.9 Å². The fourth-order valence-electron chi connectivity index (χ4n) is 1.29. The Balaban J connectivity index is 2.64. The number of rotatable bonds is 6. The molecule has 4 heteroatoms. The lowest BCUT2D eigenvalue weighted by Gasteiger charge is -2.15. The Labute approximate surface area is 94.6 Å². The van der Waals surface area contributed by atoms with Crippen molar-refractivity contribution in [2.24, 2.45) is 0 Å². The molecule has 4 nitrogen and oxygen atoms in total. The van der Waals surface area contributed by atoms with E-state index in [4.69, 9.17) is 4.74 Å². The van der Waals surface area contributed by atoms with Gasteiger partial charge < -0.3 is 14.8 Å². The largest absolute Gasteiger partial charge is 0.464 e. The van der Waals surface area contributed by atoms with Crippen molar-refractivity contribution >= 4 is 17.9 Å². The Morgan fingerprint density at radius 1 is 1.44 bits per heavy atom. The van der Waals surface area contributed by atoms with E-state index in [2.05, 4.69) is 5.32 Å². The number of carbonyl (C=O) groups is 2. The molecule has 1 atom stereocenters. The second-order valence-electron chi connectivity index (χ2n) is 3.22. The molecule has 0 saturated heterocycles. The van der Waals surface area contributed by atoms with Crippen LogP contribution in [0.3, 0.4) is 0 Å². The molecule has 16 heavy (non-hydrogen) atoms. The number of para-hydroxylation sites is 1. The first-order chi connectivity index (χ1) is 7.77. The van der Waals surface area contributed by atoms with E-state index in [0.717, 1.165) is 5.69 Å². The van der Waals surface area contributed by atoms with Crippen molar-refractivity contribution < 1.29 is 14.3 Å². The summed E-state index contributed by atoms with van der Waals surface area (Å²) in [5.74, 6) is -0.404. The SMILES string of the molecule is CCOC(=O)C(CC=O)Nc1ccccc1. The Bertz CT molecular complexity index is 337. The van der Waals surface area contributed by atoms with Crippen molar-refractivity contribution in [2.45, 2.75) is 19.4 Å². The van der Waals surface area contributed by atoms with E-state index >= 15 is 0 Å². The minimum Gasteiger partial charge on any atom is -0.464 e. The van der Waals surface area contributed by atoms with Gasteiger partial charge in [-0.15, -0.1) is 0 Å². The van der Waals surface area contributed by atoms with Crippen LogP contribution in [0, 0.1) is 0 Å². The predicted octanol–water partition coefficient (Wildman–Crippen LogP) is 1.62. The molecule has 0 fully saturated rings. The molecule has 0 aromatic heterocycles. The summed E-state index contributed by atoms with van der Waals surface area (Å²) in [6.07, 6.45) is 0.811. The van der Waals surface area contributed by atoms with Gasteiger partial charge in [-0.2, -0.15) is 0 Å². The highest BCUT2D eigenvalue weighted by Gasteiger charge is 2.18. The molecule has 0 aliphatic heterocycles. The molecule has 1 unspecified atom stereocenters. The van der Waals surface area contributed by atoms with Crippen molar-refractivity contribution in [2.75, 3.05) is 11.9 Å². The third kappa shape index (κ3) is 3.73. The van der Waals surface area contributed by atoms with Gasteiger partial charge in [0.25, 0.3) is 0 Å². The number of hydrogen-bond donors (Lipinski definition) is 1. The maximum atomic E-state index is 11.5. The molecular weight excluding hydrogens is 206 g/mol. The number of ether oxygens (including phenoxy) is 1. The summed E-state index contributed by atoms with van der Waals surface area (Å²) >= 11 is 0. The van der Waals surface area contributed by atoms with Gasteiger partial charge in [-0.05, 0) is 19.1 Å². The van der Waals surface area contributed by atoms with Crippen LogP contribution in [0.4, 0.5) is 5.69 Å². The lowest BCUT2D eigenvalue weighted by molar-refractivity contribution is -0.144. The Kier molecular flexibility index (Phi) is 5.05. The molecule has 1 aromatic rings. The molecule has 0 aliphatic rings. The van der Waals surface area contributed by atoms with Crippen LogP contribution in [0.2, 0.25) is 0 Å². The number of nitrogens with one attached hydrogen (secondary N) is 1. The summed E-state index contributed by atoms with van der Waals surface area (Å²) in [5.41, 5.74) is 0.794. The number of aldehydes is 1. The van der Waals surface area contributed by atoms with Gasteiger partial charge in [0.2, 0.25) is 0 Å². The van der Waals surface area contributed by atoms with Gasteiger partial charge in [-0.25, -0.2) is 4.79 Å². The van der Waals surface area contributed by atoms with Crippen LogP contribution >= 0.6 is 0 Å². The van der Waals surface area contributed by atoms with E-state index in [-0.39, 0.29) is 6.42 Å². The summed E-state index contributed by atoms with van der Waals surface area (Å²) < 4.78 is 4.87. The first kappa shape index (κ1) is 12.2. The topological polar surface area (TPSA) is 55.4 Å². The molecule has 1 aromatic carbocycles. The second-order valence-corrected chi connectivity index (χ2v) is 3.22. The van der Waals surface area contributed by atoms with Crippen molar-refractivity contribution in [1.82, 2.24) is 0 Å². The molecule has 0 radical (unpaired) electrons. The minimum atomic E-state index is -0.611. The van der Waals surface area contributed by atoms with Crippen LogP contribution in [-0.2, 0) is 14.3 Å². The number of esters is 1. The summed E-state index contributed by atoms with van der Waals surface area (Å²) in [6.45, 7) is 2.04. The molecule has 0 bridgehead atoms. The standard InChI is InChI=1S/C12H15NO3/c1-2-16-12(15)11(8-9-14)13-10-6-4-3-5-7-10/h3-7,9,11,13H,2,8H2,1H3. The lowest BCUT2D eigenvalue weighted by atomic mass is 10.2. The lowest BCUT2D eigenvalue weighted by Crippen LogP contribution is -2.31. The van der Waals surface area contributed by atoms with Gasteiger partial charge in [0.1, 0.15) is 12.3 Å². The van der Waals surface area contributed by atoms with Gasteiger partial charge in [-0.3, -0.25) is 0 Å². The fraction of sp³-hybridized carbons (Fsp3) is 0.333. The summed E-state index contributed by atoms with van der Waals surface area (Å²) in [4.78, 5) is 22.0. The van der Waals surface area contributed by atoms with Gasteiger partial charge >= 0.3 is 5.97 Å². The summed E-state index contributed by atoms with van der Waals surface area (Å²) in [6, 6.07) is 8.63. The average Bonchev–Trinajstić information content (AvgIpc) is 2.30. The zero-order chi connectivity index (χ0) is 11.8. The van der Waals surface area contributed by atoms with Crippen LogP contribution in [0.1, 0.15) is 13.3 Å². The smallest absolute Gasteiger partial charge is 0.328 e. The molecule has 0 aliphatic carbocycles. The van der Waals surface area contributed by atoms with E-state index in [9.17, 15) is 9.59 Å². The average molecular weight is 221 g/mol. The Morgan fingerprint density at radius 3 is 2.69 bits per heavy atom. The monoisotopic (exact) mass is 221 g/mol. The van der Waals surface area contributed by atoms with Crippen LogP contribution in [-0.4, -0.2) is 24.9 Å². The number of benzene rings is 1. The molecule has 0 heterocycles. The molecule has 0 saturated carbocycles. The minimum absolute atomic E-state index is 0.105. The fourth-order valence-corrected chi connectivity index (χ4v) is 1.29. The van der Waals surface area contributed by atoms with E-state index in [1.807, 2.05) is 30.3 Å². The zero-order valence-electron chi connectivity index (χ0n) is 9.18. The molecule has 86 valence electrons. The van der Waals surface area contributed by atoms with E-state index < -0.39 is 12.0 Å². The summed E-state index contributed by atoms with van der Waals surface area (Å²) in [7, 11) is 0. The van der Waals surface area contributed by atoms with Crippen LogP contribution in [0.5, 0.6) is 0 Å². The van der Waals surface area contributed by atoms with E-state index in [1.54, 1.807) is 6.92 Å². The first-order valence-electron chi connectivity index (χ1n) is 5.19. The maximum absolute atomic E-state index is 11.5. The molecular formula is C12H15NO3. The Morgan fingerprint density at radius 2 is 2.12 bits per heavy atom. The van der Waals surface area contributed by atoms with Crippen molar-refractivity contribution in [3.63, 3.8) is 0 Å². The zero-order valence-corrected chi connectivity index (χ0v) is 9.18. The number of carbonyl (C=O) groups excluding carboxylic acids is 2. The highest BCUT2D eigenvalue weighted by atomic mass is 16.5. The maximum Gasteiger partial charge on any atom is 0.328 e. The number of anilines is 1. The molecule has 1 rings (SSSR count). The van der Waals surface area contributed by atoms with Gasteiger partial charge in [-0.1, -0.05) is 18.2 Å². The second kappa shape index (κ2) is 6.61. The quantitative estimate of drug-likeness (QED) is 0.586. The first-order valence-corrected chi connectivity index (χ1v) is 5.19. The molecule has 0 amide bonds.